The molecule has 7 nitrogen and oxygen atoms in total. The van der Waals surface area contributed by atoms with E-state index in [9.17, 15) is 4.79 Å². The number of rotatable bonds is 7. The molecule has 0 spiro atoms. The molecule has 1 aliphatic rings. The predicted octanol–water partition coefficient (Wildman–Crippen LogP) is 1.93. The lowest BCUT2D eigenvalue weighted by Gasteiger charge is -2.30. The number of anilines is 1. The molecule has 1 heterocycles. The van der Waals surface area contributed by atoms with Crippen molar-refractivity contribution in [2.75, 3.05) is 52.0 Å². The van der Waals surface area contributed by atoms with Crippen LogP contribution >= 0.6 is 0 Å². The Morgan fingerprint density at radius 2 is 2.00 bits per heavy atom. The standard InChI is InChI=1S/C17H25FN2O5/c1-4-19-17(21)25-14-6-5-13(20-7-9-24-10-8-20)16(18)12(14)11-15(22-2)23-3/h5-6,15H,4,7-11H2,1-3H3,(H,19,21). The molecule has 1 amide bonds. The Bertz CT molecular complexity index is 574. The number of morpholine rings is 1. The van der Waals surface area contributed by atoms with Gasteiger partial charge in [-0.2, -0.15) is 0 Å². The van der Waals surface area contributed by atoms with Crippen molar-refractivity contribution < 1.29 is 28.1 Å². The molecule has 1 fully saturated rings. The van der Waals surface area contributed by atoms with Gasteiger partial charge in [-0.1, -0.05) is 0 Å². The number of nitrogens with zero attached hydrogens (tertiary/aromatic N) is 1. The molecular weight excluding hydrogens is 331 g/mol. The van der Waals surface area contributed by atoms with E-state index in [0.29, 0.717) is 38.5 Å². The zero-order valence-corrected chi connectivity index (χ0v) is 14.8. The van der Waals surface area contributed by atoms with Crippen LogP contribution < -0.4 is 15.0 Å². The quantitative estimate of drug-likeness (QED) is 0.753. The third kappa shape index (κ3) is 5.04. The summed E-state index contributed by atoms with van der Waals surface area (Å²) in [7, 11) is 2.95. The molecule has 1 aromatic carbocycles. The lowest BCUT2D eigenvalue weighted by atomic mass is 10.1. The van der Waals surface area contributed by atoms with Crippen molar-refractivity contribution in [1.82, 2.24) is 5.32 Å². The highest BCUT2D eigenvalue weighted by atomic mass is 19.1. The molecule has 1 saturated heterocycles. The number of carbonyl (C=O) groups excluding carboxylic acids is 1. The van der Waals surface area contributed by atoms with Crippen LogP contribution in [0.1, 0.15) is 12.5 Å². The summed E-state index contributed by atoms with van der Waals surface area (Å²) in [6, 6.07) is 3.22. The monoisotopic (exact) mass is 356 g/mol. The molecule has 1 aliphatic heterocycles. The highest BCUT2D eigenvalue weighted by molar-refractivity contribution is 5.71. The van der Waals surface area contributed by atoms with Gasteiger partial charge in [0.1, 0.15) is 5.75 Å². The summed E-state index contributed by atoms with van der Waals surface area (Å²) >= 11 is 0. The van der Waals surface area contributed by atoms with Crippen molar-refractivity contribution >= 4 is 11.8 Å². The maximum absolute atomic E-state index is 15.2. The van der Waals surface area contributed by atoms with Crippen LogP contribution in [0.5, 0.6) is 5.75 Å². The van der Waals surface area contributed by atoms with Gasteiger partial charge in [0.25, 0.3) is 0 Å². The first kappa shape index (κ1) is 19.4. The fourth-order valence-electron chi connectivity index (χ4n) is 2.64. The minimum atomic E-state index is -0.647. The lowest BCUT2D eigenvalue weighted by Crippen LogP contribution is -2.37. The molecule has 0 radical (unpaired) electrons. The van der Waals surface area contributed by atoms with E-state index < -0.39 is 18.2 Å². The van der Waals surface area contributed by atoms with E-state index in [1.807, 2.05) is 4.90 Å². The van der Waals surface area contributed by atoms with Crippen molar-refractivity contribution in [3.63, 3.8) is 0 Å². The van der Waals surface area contributed by atoms with Crippen molar-refractivity contribution in [2.24, 2.45) is 0 Å². The van der Waals surface area contributed by atoms with Gasteiger partial charge in [-0.25, -0.2) is 9.18 Å². The fraction of sp³-hybridized carbons (Fsp3) is 0.588. The number of hydrogen-bond acceptors (Lipinski definition) is 6. The van der Waals surface area contributed by atoms with E-state index in [1.54, 1.807) is 19.1 Å². The van der Waals surface area contributed by atoms with Gasteiger partial charge in [0.05, 0.1) is 18.9 Å². The van der Waals surface area contributed by atoms with Crippen molar-refractivity contribution in [3.05, 3.63) is 23.5 Å². The van der Waals surface area contributed by atoms with E-state index in [2.05, 4.69) is 5.32 Å². The maximum atomic E-state index is 15.2. The molecule has 0 bridgehead atoms. The molecule has 0 aromatic heterocycles. The molecule has 140 valence electrons. The topological polar surface area (TPSA) is 69.3 Å². The zero-order chi connectivity index (χ0) is 18.2. The van der Waals surface area contributed by atoms with Gasteiger partial charge in [0.2, 0.25) is 0 Å². The van der Waals surface area contributed by atoms with Gasteiger partial charge < -0.3 is 29.2 Å². The number of nitrogens with one attached hydrogen (secondary N) is 1. The molecule has 0 unspecified atom stereocenters. The molecule has 2 rings (SSSR count). The first-order valence-corrected chi connectivity index (χ1v) is 8.26. The second kappa shape index (κ2) is 9.55. The average molecular weight is 356 g/mol. The van der Waals surface area contributed by atoms with Crippen molar-refractivity contribution in [3.8, 4) is 5.75 Å². The minimum Gasteiger partial charge on any atom is -0.410 e. The smallest absolute Gasteiger partial charge is 0.410 e. The Hall–Kier alpha value is -1.90. The van der Waals surface area contributed by atoms with E-state index in [1.165, 1.54) is 14.2 Å². The summed E-state index contributed by atoms with van der Waals surface area (Å²) in [5.74, 6) is -0.289. The maximum Gasteiger partial charge on any atom is 0.412 e. The molecule has 0 aliphatic carbocycles. The second-order valence-electron chi connectivity index (χ2n) is 5.50. The molecular formula is C17H25FN2O5. The number of halogens is 1. The number of amides is 1. The Balaban J connectivity index is 2.34. The summed E-state index contributed by atoms with van der Waals surface area (Å²) in [5, 5.41) is 2.53. The van der Waals surface area contributed by atoms with Crippen LogP contribution in [0.3, 0.4) is 0 Å². The molecule has 1 N–H and O–H groups in total. The number of carbonyl (C=O) groups is 1. The molecule has 0 atom stereocenters. The van der Waals surface area contributed by atoms with Crippen LogP contribution in [-0.2, 0) is 20.6 Å². The lowest BCUT2D eigenvalue weighted by molar-refractivity contribution is -0.101. The van der Waals surface area contributed by atoms with E-state index >= 15 is 4.39 Å². The normalized spacial score (nSPS) is 14.7. The highest BCUT2D eigenvalue weighted by Gasteiger charge is 2.24. The number of ether oxygens (including phenoxy) is 4. The molecule has 8 heteroatoms. The second-order valence-corrected chi connectivity index (χ2v) is 5.50. The third-order valence-corrected chi connectivity index (χ3v) is 3.95. The van der Waals surface area contributed by atoms with Crippen LogP contribution in [0.15, 0.2) is 12.1 Å². The summed E-state index contributed by atoms with van der Waals surface area (Å²) in [6.45, 7) is 4.49. The van der Waals surface area contributed by atoms with E-state index in [4.69, 9.17) is 18.9 Å². The van der Waals surface area contributed by atoms with Gasteiger partial charge >= 0.3 is 6.09 Å². The summed E-state index contributed by atoms with van der Waals surface area (Å²) < 4.78 is 36.1. The fourth-order valence-corrected chi connectivity index (χ4v) is 2.64. The van der Waals surface area contributed by atoms with Gasteiger partial charge in [0, 0.05) is 45.8 Å². The van der Waals surface area contributed by atoms with Crippen LogP contribution in [0, 0.1) is 5.82 Å². The summed E-state index contributed by atoms with van der Waals surface area (Å²) in [6.07, 6.45) is -1.16. The Kier molecular flexibility index (Phi) is 7.42. The zero-order valence-electron chi connectivity index (χ0n) is 14.8. The van der Waals surface area contributed by atoms with Crippen LogP contribution in [0.2, 0.25) is 0 Å². The molecule has 25 heavy (non-hydrogen) atoms. The predicted molar refractivity (Wildman–Crippen MR) is 90.6 cm³/mol. The minimum absolute atomic E-state index is 0.117. The number of benzene rings is 1. The van der Waals surface area contributed by atoms with Crippen LogP contribution in [-0.4, -0.2) is 59.5 Å². The van der Waals surface area contributed by atoms with Gasteiger partial charge in [-0.05, 0) is 19.1 Å². The van der Waals surface area contributed by atoms with Crippen LogP contribution in [0.25, 0.3) is 0 Å². The highest BCUT2D eigenvalue weighted by Crippen LogP contribution is 2.32. The number of methoxy groups -OCH3 is 2. The SMILES string of the molecule is CCNC(=O)Oc1ccc(N2CCOCC2)c(F)c1CC(OC)OC. The van der Waals surface area contributed by atoms with Gasteiger partial charge in [0.15, 0.2) is 12.1 Å². The Morgan fingerprint density at radius 1 is 1.32 bits per heavy atom. The Morgan fingerprint density at radius 3 is 2.60 bits per heavy atom. The van der Waals surface area contributed by atoms with Crippen molar-refractivity contribution in [2.45, 2.75) is 19.6 Å². The van der Waals surface area contributed by atoms with E-state index in [0.717, 1.165) is 0 Å². The van der Waals surface area contributed by atoms with Crippen molar-refractivity contribution in [1.29, 1.82) is 0 Å². The summed E-state index contributed by atoms with van der Waals surface area (Å²) in [4.78, 5) is 13.7. The molecule has 1 aromatic rings. The van der Waals surface area contributed by atoms with Gasteiger partial charge in [-0.3, -0.25) is 0 Å². The third-order valence-electron chi connectivity index (χ3n) is 3.95. The largest absolute Gasteiger partial charge is 0.412 e. The molecule has 0 saturated carbocycles. The van der Waals surface area contributed by atoms with Gasteiger partial charge in [-0.15, -0.1) is 0 Å². The average Bonchev–Trinajstić information content (AvgIpc) is 2.62. The first-order chi connectivity index (χ1) is 12.1. The Labute approximate surface area is 147 Å². The first-order valence-electron chi connectivity index (χ1n) is 8.26. The van der Waals surface area contributed by atoms with Crippen LogP contribution in [0.4, 0.5) is 14.9 Å². The van der Waals surface area contributed by atoms with E-state index in [-0.39, 0.29) is 17.7 Å². The summed E-state index contributed by atoms with van der Waals surface area (Å²) in [5.41, 5.74) is 0.691. The number of hydrogen-bond donors (Lipinski definition) is 1.